The van der Waals surface area contributed by atoms with E-state index < -0.39 is 0 Å². The van der Waals surface area contributed by atoms with Gasteiger partial charge in [0, 0.05) is 18.7 Å². The van der Waals surface area contributed by atoms with Crippen molar-refractivity contribution in [3.63, 3.8) is 0 Å². The molecule has 2 rings (SSSR count). The van der Waals surface area contributed by atoms with Crippen LogP contribution in [-0.4, -0.2) is 23.5 Å². The Bertz CT molecular complexity index is 591. The number of hydrogen-bond acceptors (Lipinski definition) is 4. The normalized spacial score (nSPS) is 10.1. The van der Waals surface area contributed by atoms with Crippen molar-refractivity contribution >= 4 is 17.5 Å². The molecule has 0 saturated carbocycles. The van der Waals surface area contributed by atoms with Crippen molar-refractivity contribution in [1.29, 1.82) is 0 Å². The average molecular weight is 288 g/mol. The van der Waals surface area contributed by atoms with Gasteiger partial charge in [-0.25, -0.2) is 0 Å². The summed E-state index contributed by atoms with van der Waals surface area (Å²) >= 11 is 0. The first kappa shape index (κ1) is 14.8. The molecule has 0 aliphatic rings. The predicted octanol–water partition coefficient (Wildman–Crippen LogP) is 1.53. The van der Waals surface area contributed by atoms with Crippen LogP contribution in [0, 0.1) is 0 Å². The van der Waals surface area contributed by atoms with E-state index in [4.69, 9.17) is 9.52 Å². The van der Waals surface area contributed by atoms with E-state index in [-0.39, 0.29) is 31.4 Å². The van der Waals surface area contributed by atoms with Crippen LogP contribution in [0.3, 0.4) is 0 Å². The number of rotatable bonds is 6. The van der Waals surface area contributed by atoms with E-state index in [0.29, 0.717) is 11.3 Å². The Labute approximate surface area is 121 Å². The minimum Gasteiger partial charge on any atom is -0.472 e. The summed E-state index contributed by atoms with van der Waals surface area (Å²) in [4.78, 5) is 23.3. The zero-order valence-corrected chi connectivity index (χ0v) is 11.3. The minimum atomic E-state index is -0.274. The van der Waals surface area contributed by atoms with Crippen LogP contribution in [0.15, 0.2) is 47.3 Å². The quantitative estimate of drug-likeness (QED) is 0.751. The van der Waals surface area contributed by atoms with E-state index >= 15 is 0 Å². The molecule has 21 heavy (non-hydrogen) atoms. The number of amides is 2. The van der Waals surface area contributed by atoms with Crippen LogP contribution in [-0.2, 0) is 11.4 Å². The lowest BCUT2D eigenvalue weighted by Crippen LogP contribution is -2.27. The van der Waals surface area contributed by atoms with Gasteiger partial charge in [0.1, 0.15) is 6.26 Å². The number of nitrogens with one attached hydrogen (secondary N) is 2. The van der Waals surface area contributed by atoms with Gasteiger partial charge in [0.05, 0.1) is 18.4 Å². The van der Waals surface area contributed by atoms with Crippen LogP contribution >= 0.6 is 0 Å². The lowest BCUT2D eigenvalue weighted by Gasteiger charge is -2.06. The molecular weight excluding hydrogens is 272 g/mol. The Morgan fingerprint density at radius 3 is 2.52 bits per heavy atom. The number of carbonyl (C=O) groups excluding carboxylic acids is 2. The Morgan fingerprint density at radius 2 is 1.90 bits per heavy atom. The fraction of sp³-hybridized carbons (Fsp3) is 0.200. The van der Waals surface area contributed by atoms with Crippen molar-refractivity contribution in [2.45, 2.75) is 13.0 Å². The zero-order chi connectivity index (χ0) is 15.1. The highest BCUT2D eigenvalue weighted by Crippen LogP contribution is 2.09. The van der Waals surface area contributed by atoms with Crippen LogP contribution < -0.4 is 10.6 Å². The number of anilines is 1. The molecule has 0 spiro atoms. The molecular formula is C15H16N2O4. The smallest absolute Gasteiger partial charge is 0.254 e. The van der Waals surface area contributed by atoms with E-state index in [0.717, 1.165) is 5.56 Å². The first-order valence-electron chi connectivity index (χ1n) is 6.49. The van der Waals surface area contributed by atoms with Gasteiger partial charge < -0.3 is 20.2 Å². The van der Waals surface area contributed by atoms with E-state index in [1.165, 1.54) is 12.5 Å². The SMILES string of the molecule is O=C(CCNC(=O)c1ccoc1)Nc1ccc(CO)cc1. The molecule has 2 amide bonds. The molecule has 0 unspecified atom stereocenters. The van der Waals surface area contributed by atoms with Crippen LogP contribution in [0.25, 0.3) is 0 Å². The average Bonchev–Trinajstić information content (AvgIpc) is 3.02. The third-order valence-corrected chi connectivity index (χ3v) is 2.84. The van der Waals surface area contributed by atoms with E-state index in [2.05, 4.69) is 10.6 Å². The second kappa shape index (κ2) is 7.25. The molecule has 6 nitrogen and oxygen atoms in total. The Balaban J connectivity index is 1.73. The predicted molar refractivity (Wildman–Crippen MR) is 76.7 cm³/mol. The van der Waals surface area contributed by atoms with Crippen LogP contribution in [0.2, 0.25) is 0 Å². The summed E-state index contributed by atoms with van der Waals surface area (Å²) in [6.45, 7) is 0.207. The highest BCUT2D eigenvalue weighted by molar-refractivity contribution is 5.94. The van der Waals surface area contributed by atoms with Gasteiger partial charge in [-0.3, -0.25) is 9.59 Å². The fourth-order valence-corrected chi connectivity index (χ4v) is 1.70. The summed E-state index contributed by atoms with van der Waals surface area (Å²) in [5.74, 6) is -0.469. The Hall–Kier alpha value is -2.60. The minimum absolute atomic E-state index is 0.0335. The molecule has 1 heterocycles. The maximum absolute atomic E-state index is 11.7. The van der Waals surface area contributed by atoms with Crippen LogP contribution in [0.5, 0.6) is 0 Å². The molecule has 3 N–H and O–H groups in total. The second-order valence-corrected chi connectivity index (χ2v) is 4.42. The highest BCUT2D eigenvalue weighted by Gasteiger charge is 2.07. The van der Waals surface area contributed by atoms with Gasteiger partial charge in [0.15, 0.2) is 0 Å². The standard InChI is InChI=1S/C15H16N2O4/c18-9-11-1-3-13(4-2-11)17-14(19)5-7-16-15(20)12-6-8-21-10-12/h1-4,6,8,10,18H,5,7,9H2,(H,16,20)(H,17,19). The lowest BCUT2D eigenvalue weighted by atomic mass is 10.2. The number of carbonyl (C=O) groups is 2. The Kier molecular flexibility index (Phi) is 5.11. The van der Waals surface area contributed by atoms with Crippen molar-refractivity contribution in [3.8, 4) is 0 Å². The maximum atomic E-state index is 11.7. The first-order valence-corrected chi connectivity index (χ1v) is 6.49. The molecule has 110 valence electrons. The highest BCUT2D eigenvalue weighted by atomic mass is 16.3. The van der Waals surface area contributed by atoms with Crippen molar-refractivity contribution in [3.05, 3.63) is 54.0 Å². The third kappa shape index (κ3) is 4.47. The Morgan fingerprint density at radius 1 is 1.14 bits per heavy atom. The number of benzene rings is 1. The van der Waals surface area contributed by atoms with Crippen LogP contribution in [0.4, 0.5) is 5.69 Å². The molecule has 1 aromatic carbocycles. The molecule has 0 bridgehead atoms. The number of hydrogen-bond donors (Lipinski definition) is 3. The van der Waals surface area contributed by atoms with Crippen molar-refractivity contribution in [1.82, 2.24) is 5.32 Å². The van der Waals surface area contributed by atoms with Crippen molar-refractivity contribution in [2.24, 2.45) is 0 Å². The largest absolute Gasteiger partial charge is 0.472 e. The molecule has 1 aromatic heterocycles. The molecule has 0 fully saturated rings. The zero-order valence-electron chi connectivity index (χ0n) is 11.3. The summed E-state index contributed by atoms with van der Waals surface area (Å²) in [5.41, 5.74) is 1.86. The summed E-state index contributed by atoms with van der Waals surface area (Å²) < 4.78 is 4.80. The van der Waals surface area contributed by atoms with E-state index in [1.807, 2.05) is 0 Å². The van der Waals surface area contributed by atoms with Gasteiger partial charge in [-0.2, -0.15) is 0 Å². The monoisotopic (exact) mass is 288 g/mol. The number of furan rings is 1. The van der Waals surface area contributed by atoms with Gasteiger partial charge >= 0.3 is 0 Å². The van der Waals surface area contributed by atoms with Gasteiger partial charge in [0.25, 0.3) is 5.91 Å². The van der Waals surface area contributed by atoms with E-state index in [1.54, 1.807) is 30.3 Å². The van der Waals surface area contributed by atoms with Crippen LogP contribution in [0.1, 0.15) is 22.3 Å². The molecule has 0 aliphatic heterocycles. The summed E-state index contributed by atoms with van der Waals surface area (Å²) in [6, 6.07) is 8.45. The van der Waals surface area contributed by atoms with Crippen molar-refractivity contribution < 1.29 is 19.1 Å². The van der Waals surface area contributed by atoms with Gasteiger partial charge in [0.2, 0.25) is 5.91 Å². The maximum Gasteiger partial charge on any atom is 0.254 e. The number of aliphatic hydroxyl groups is 1. The molecule has 2 aromatic rings. The third-order valence-electron chi connectivity index (χ3n) is 2.84. The lowest BCUT2D eigenvalue weighted by molar-refractivity contribution is -0.116. The fourth-order valence-electron chi connectivity index (χ4n) is 1.70. The molecule has 0 aliphatic carbocycles. The second-order valence-electron chi connectivity index (χ2n) is 4.42. The van der Waals surface area contributed by atoms with Gasteiger partial charge in [-0.1, -0.05) is 12.1 Å². The number of aliphatic hydroxyl groups excluding tert-OH is 1. The summed E-state index contributed by atoms with van der Waals surface area (Å²) in [5, 5.41) is 14.3. The first-order chi connectivity index (χ1) is 10.2. The van der Waals surface area contributed by atoms with Crippen molar-refractivity contribution in [2.75, 3.05) is 11.9 Å². The summed E-state index contributed by atoms with van der Waals surface area (Å²) in [7, 11) is 0. The van der Waals surface area contributed by atoms with Gasteiger partial charge in [-0.15, -0.1) is 0 Å². The molecule has 0 radical (unpaired) electrons. The topological polar surface area (TPSA) is 91.6 Å². The molecule has 0 atom stereocenters. The van der Waals surface area contributed by atoms with E-state index in [9.17, 15) is 9.59 Å². The summed E-state index contributed by atoms with van der Waals surface area (Å²) in [6.07, 6.45) is 2.93. The molecule has 0 saturated heterocycles. The molecule has 6 heteroatoms. The van der Waals surface area contributed by atoms with Gasteiger partial charge in [-0.05, 0) is 23.8 Å².